The highest BCUT2D eigenvalue weighted by Gasteiger charge is 2.27. The topological polar surface area (TPSA) is 100 Å². The zero-order valence-corrected chi connectivity index (χ0v) is 20.6. The van der Waals surface area contributed by atoms with Crippen molar-refractivity contribution in [2.45, 2.75) is 20.1 Å². The predicted molar refractivity (Wildman–Crippen MR) is 135 cm³/mol. The summed E-state index contributed by atoms with van der Waals surface area (Å²) >= 11 is 0. The zero-order valence-electron chi connectivity index (χ0n) is 20.6. The molecule has 0 saturated carbocycles. The number of nitrogens with zero attached hydrogens (tertiary/aromatic N) is 2. The fourth-order valence-electron chi connectivity index (χ4n) is 3.53. The van der Waals surface area contributed by atoms with Gasteiger partial charge in [-0.2, -0.15) is 0 Å². The average molecular weight is 495 g/mol. The van der Waals surface area contributed by atoms with Crippen molar-refractivity contribution in [3.05, 3.63) is 93.5 Å². The Labute approximate surface area is 210 Å². The summed E-state index contributed by atoms with van der Waals surface area (Å²) in [7, 11) is 2.94. The van der Waals surface area contributed by atoms with Crippen LogP contribution in [0.15, 0.2) is 66.7 Å². The Hall–Kier alpha value is -4.11. The predicted octanol–water partition coefficient (Wildman–Crippen LogP) is 4.87. The molecule has 0 aliphatic rings. The zero-order chi connectivity index (χ0) is 25.9. The van der Waals surface area contributed by atoms with Crippen LogP contribution in [0.5, 0.6) is 17.2 Å². The first-order chi connectivity index (χ1) is 17.5. The van der Waals surface area contributed by atoms with Crippen molar-refractivity contribution >= 4 is 11.6 Å². The lowest BCUT2D eigenvalue weighted by atomic mass is 10.1. The highest BCUT2D eigenvalue weighted by molar-refractivity contribution is 5.99. The van der Waals surface area contributed by atoms with E-state index in [2.05, 4.69) is 0 Å². The van der Waals surface area contributed by atoms with E-state index in [4.69, 9.17) is 18.9 Å². The van der Waals surface area contributed by atoms with E-state index in [9.17, 15) is 14.9 Å². The van der Waals surface area contributed by atoms with Crippen LogP contribution in [0.4, 0.5) is 5.69 Å². The number of rotatable bonds is 13. The Balaban J connectivity index is 1.75. The van der Waals surface area contributed by atoms with E-state index in [0.717, 1.165) is 11.1 Å². The Morgan fingerprint density at radius 3 is 2.25 bits per heavy atom. The molecular weight excluding hydrogens is 464 g/mol. The van der Waals surface area contributed by atoms with Crippen LogP contribution in [0.1, 0.15) is 28.4 Å². The molecular formula is C27H30N2O7. The molecule has 3 aromatic carbocycles. The number of methoxy groups -OCH3 is 2. The minimum atomic E-state index is -0.595. The Bertz CT molecular complexity index is 1150. The number of hydrogen-bond donors (Lipinski definition) is 0. The molecule has 0 N–H and O–H groups in total. The first-order valence-electron chi connectivity index (χ1n) is 11.5. The van der Waals surface area contributed by atoms with E-state index >= 15 is 0 Å². The summed E-state index contributed by atoms with van der Waals surface area (Å²) in [5.41, 5.74) is 1.51. The van der Waals surface area contributed by atoms with Gasteiger partial charge >= 0.3 is 0 Å². The minimum absolute atomic E-state index is 0.0689. The lowest BCUT2D eigenvalue weighted by Crippen LogP contribution is -2.31. The number of nitro groups is 1. The van der Waals surface area contributed by atoms with E-state index in [0.29, 0.717) is 25.5 Å². The van der Waals surface area contributed by atoms with E-state index < -0.39 is 10.8 Å². The lowest BCUT2D eigenvalue weighted by molar-refractivity contribution is -0.385. The lowest BCUT2D eigenvalue weighted by Gasteiger charge is -2.22. The Morgan fingerprint density at radius 2 is 1.64 bits per heavy atom. The SMILES string of the molecule is CCN(Cc1ccc(OCc2ccccc2)cc1)C(=O)c1cc(OC)c(OCCOC)cc1[N+](=O)[O-]. The quantitative estimate of drug-likeness (QED) is 0.190. The molecule has 0 fully saturated rings. The maximum atomic E-state index is 13.4. The van der Waals surface area contributed by atoms with Gasteiger partial charge in [0.05, 0.1) is 24.7 Å². The summed E-state index contributed by atoms with van der Waals surface area (Å²) in [4.78, 5) is 26.1. The van der Waals surface area contributed by atoms with Crippen molar-refractivity contribution in [1.82, 2.24) is 4.90 Å². The van der Waals surface area contributed by atoms with Crippen molar-refractivity contribution < 1.29 is 28.7 Å². The molecule has 3 aromatic rings. The molecule has 0 aromatic heterocycles. The normalized spacial score (nSPS) is 10.5. The number of nitro benzene ring substituents is 1. The van der Waals surface area contributed by atoms with Gasteiger partial charge in [0.1, 0.15) is 24.5 Å². The van der Waals surface area contributed by atoms with Crippen molar-refractivity contribution in [3.63, 3.8) is 0 Å². The summed E-state index contributed by atoms with van der Waals surface area (Å²) < 4.78 is 21.6. The van der Waals surface area contributed by atoms with Gasteiger partial charge in [-0.05, 0) is 30.2 Å². The van der Waals surface area contributed by atoms with Crippen molar-refractivity contribution in [2.75, 3.05) is 34.0 Å². The van der Waals surface area contributed by atoms with Gasteiger partial charge in [0.25, 0.3) is 11.6 Å². The van der Waals surface area contributed by atoms with E-state index in [-0.39, 0.29) is 35.9 Å². The van der Waals surface area contributed by atoms with Crippen molar-refractivity contribution in [2.24, 2.45) is 0 Å². The van der Waals surface area contributed by atoms with Gasteiger partial charge in [0, 0.05) is 26.3 Å². The smallest absolute Gasteiger partial charge is 0.286 e. The molecule has 1 amide bonds. The van der Waals surface area contributed by atoms with Gasteiger partial charge in [-0.15, -0.1) is 0 Å². The molecule has 0 saturated heterocycles. The summed E-state index contributed by atoms with van der Waals surface area (Å²) in [5.74, 6) is 0.639. The number of ether oxygens (including phenoxy) is 4. The molecule has 0 aliphatic heterocycles. The first kappa shape index (κ1) is 26.5. The van der Waals surface area contributed by atoms with Crippen LogP contribution in [0.2, 0.25) is 0 Å². The van der Waals surface area contributed by atoms with E-state index in [1.54, 1.807) is 0 Å². The first-order valence-corrected chi connectivity index (χ1v) is 11.5. The molecule has 0 bridgehead atoms. The van der Waals surface area contributed by atoms with Crippen LogP contribution in [0.25, 0.3) is 0 Å². The van der Waals surface area contributed by atoms with Crippen LogP contribution in [-0.4, -0.2) is 49.7 Å². The molecule has 0 spiro atoms. The minimum Gasteiger partial charge on any atom is -0.493 e. The van der Waals surface area contributed by atoms with E-state index in [1.165, 1.54) is 31.3 Å². The second-order valence-corrected chi connectivity index (χ2v) is 7.86. The van der Waals surface area contributed by atoms with Crippen LogP contribution in [0, 0.1) is 10.1 Å². The third kappa shape index (κ3) is 6.96. The number of amides is 1. The van der Waals surface area contributed by atoms with Crippen LogP contribution in [0.3, 0.4) is 0 Å². The van der Waals surface area contributed by atoms with E-state index in [1.807, 2.05) is 61.5 Å². The van der Waals surface area contributed by atoms with Gasteiger partial charge in [-0.1, -0.05) is 42.5 Å². The van der Waals surface area contributed by atoms with Crippen LogP contribution < -0.4 is 14.2 Å². The third-order valence-corrected chi connectivity index (χ3v) is 5.47. The highest BCUT2D eigenvalue weighted by Crippen LogP contribution is 2.35. The number of carbonyl (C=O) groups is 1. The molecule has 0 radical (unpaired) electrons. The van der Waals surface area contributed by atoms with Crippen molar-refractivity contribution in [1.29, 1.82) is 0 Å². The summed E-state index contributed by atoms with van der Waals surface area (Å²) in [5, 5.41) is 11.8. The molecule has 36 heavy (non-hydrogen) atoms. The standard InChI is InChI=1S/C27H30N2O7/c1-4-28(18-20-10-12-22(13-11-20)36-19-21-8-6-5-7-9-21)27(30)23-16-25(34-3)26(35-15-14-33-2)17-24(23)29(31)32/h5-13,16-17H,4,14-15,18-19H2,1-3H3. The summed E-state index contributed by atoms with van der Waals surface area (Å²) in [6.07, 6.45) is 0. The average Bonchev–Trinajstić information content (AvgIpc) is 2.91. The third-order valence-electron chi connectivity index (χ3n) is 5.47. The van der Waals surface area contributed by atoms with Gasteiger partial charge in [-0.25, -0.2) is 0 Å². The fraction of sp³-hybridized carbons (Fsp3) is 0.296. The monoisotopic (exact) mass is 494 g/mol. The maximum Gasteiger partial charge on any atom is 0.286 e. The Kier molecular flexibility index (Phi) is 9.64. The van der Waals surface area contributed by atoms with Gasteiger partial charge < -0.3 is 23.8 Å². The summed E-state index contributed by atoms with van der Waals surface area (Å²) in [6, 6.07) is 19.9. The second kappa shape index (κ2) is 13.1. The number of carbonyl (C=O) groups excluding carboxylic acids is 1. The largest absolute Gasteiger partial charge is 0.493 e. The second-order valence-electron chi connectivity index (χ2n) is 7.86. The highest BCUT2D eigenvalue weighted by atomic mass is 16.6. The molecule has 0 aliphatic carbocycles. The van der Waals surface area contributed by atoms with Crippen LogP contribution >= 0.6 is 0 Å². The molecule has 190 valence electrons. The fourth-order valence-corrected chi connectivity index (χ4v) is 3.53. The number of benzene rings is 3. The number of hydrogen-bond acceptors (Lipinski definition) is 7. The van der Waals surface area contributed by atoms with Crippen molar-refractivity contribution in [3.8, 4) is 17.2 Å². The molecule has 9 nitrogen and oxygen atoms in total. The maximum absolute atomic E-state index is 13.4. The molecule has 0 unspecified atom stereocenters. The van der Waals surface area contributed by atoms with Gasteiger partial charge in [0.15, 0.2) is 11.5 Å². The van der Waals surface area contributed by atoms with Gasteiger partial charge in [-0.3, -0.25) is 14.9 Å². The molecule has 3 rings (SSSR count). The molecule has 9 heteroatoms. The van der Waals surface area contributed by atoms with Crippen LogP contribution in [-0.2, 0) is 17.9 Å². The summed E-state index contributed by atoms with van der Waals surface area (Å²) in [6.45, 7) is 3.40. The van der Waals surface area contributed by atoms with Gasteiger partial charge in [0.2, 0.25) is 0 Å². The molecule has 0 heterocycles. The Morgan fingerprint density at radius 1 is 0.917 bits per heavy atom. The molecule has 0 atom stereocenters.